The molecule has 0 atom stereocenters. The number of nitrogens with zero attached hydrogens (tertiary/aromatic N) is 2. The van der Waals surface area contributed by atoms with E-state index in [9.17, 15) is 0 Å². The van der Waals surface area contributed by atoms with Crippen molar-refractivity contribution in [3.63, 3.8) is 0 Å². The number of nitrogens with two attached hydrogens (primary N) is 1. The van der Waals surface area contributed by atoms with Gasteiger partial charge in [-0.3, -0.25) is 0 Å². The molecule has 0 aliphatic heterocycles. The molecule has 4 heteroatoms. The Labute approximate surface area is 75.7 Å². The van der Waals surface area contributed by atoms with Gasteiger partial charge in [-0.2, -0.15) is 0 Å². The highest BCUT2D eigenvalue weighted by molar-refractivity contribution is 5.88. The molecule has 2 aromatic rings. The van der Waals surface area contributed by atoms with Crippen molar-refractivity contribution in [1.29, 1.82) is 0 Å². The third-order valence-electron chi connectivity index (χ3n) is 1.98. The Kier molecular flexibility index (Phi) is 1.69. The maximum Gasteiger partial charge on any atom is 0.260 e. The molecule has 0 spiro atoms. The van der Waals surface area contributed by atoms with Crippen molar-refractivity contribution in [2.75, 3.05) is 5.73 Å². The van der Waals surface area contributed by atoms with Crippen LogP contribution >= 0.6 is 0 Å². The van der Waals surface area contributed by atoms with Crippen LogP contribution in [-0.2, 0) is 0 Å². The molecule has 0 aromatic carbocycles. The minimum atomic E-state index is 0.299. The maximum absolute atomic E-state index is 5.80. The zero-order chi connectivity index (χ0) is 9.42. The van der Waals surface area contributed by atoms with E-state index in [1.165, 1.54) is 0 Å². The van der Waals surface area contributed by atoms with Crippen LogP contribution in [0.15, 0.2) is 16.8 Å². The molecule has 2 rings (SSSR count). The highest BCUT2D eigenvalue weighted by Crippen LogP contribution is 2.27. The standard InChI is InChI=1S/C9H11N3O/c1-5(2)8-7-6(10)3-4-11-9(7)13-12-8/h3-5H,1-2H3,(H2,10,11). The normalized spacial score (nSPS) is 11.3. The van der Waals surface area contributed by atoms with E-state index >= 15 is 0 Å². The van der Waals surface area contributed by atoms with Gasteiger partial charge in [-0.1, -0.05) is 19.0 Å². The molecule has 2 heterocycles. The van der Waals surface area contributed by atoms with Gasteiger partial charge in [0, 0.05) is 11.9 Å². The van der Waals surface area contributed by atoms with E-state index in [2.05, 4.69) is 10.1 Å². The second-order valence-corrected chi connectivity index (χ2v) is 3.30. The van der Waals surface area contributed by atoms with Crippen LogP contribution in [0, 0.1) is 0 Å². The van der Waals surface area contributed by atoms with Gasteiger partial charge >= 0.3 is 0 Å². The molecule has 0 saturated carbocycles. The molecule has 0 amide bonds. The van der Waals surface area contributed by atoms with Crippen LogP contribution in [0.4, 0.5) is 5.69 Å². The number of hydrogen-bond acceptors (Lipinski definition) is 4. The third kappa shape index (κ3) is 1.14. The summed E-state index contributed by atoms with van der Waals surface area (Å²) in [6, 6.07) is 1.76. The molecule has 13 heavy (non-hydrogen) atoms. The Hall–Kier alpha value is -1.58. The number of anilines is 1. The molecular weight excluding hydrogens is 166 g/mol. The smallest absolute Gasteiger partial charge is 0.260 e. The lowest BCUT2D eigenvalue weighted by Gasteiger charge is -1.99. The van der Waals surface area contributed by atoms with Crippen LogP contribution < -0.4 is 5.73 Å². The highest BCUT2D eigenvalue weighted by Gasteiger charge is 2.14. The molecule has 0 unspecified atom stereocenters. The average Bonchev–Trinajstić information content (AvgIpc) is 2.49. The SMILES string of the molecule is CC(C)c1noc2nccc(N)c12. The molecule has 68 valence electrons. The van der Waals surface area contributed by atoms with Gasteiger partial charge in [-0.05, 0) is 12.0 Å². The monoisotopic (exact) mass is 177 g/mol. The maximum atomic E-state index is 5.80. The van der Waals surface area contributed by atoms with E-state index in [1.54, 1.807) is 12.3 Å². The van der Waals surface area contributed by atoms with E-state index in [-0.39, 0.29) is 0 Å². The van der Waals surface area contributed by atoms with Crippen molar-refractivity contribution in [3.05, 3.63) is 18.0 Å². The molecular formula is C9H11N3O. The molecule has 0 aliphatic carbocycles. The number of pyridine rings is 1. The molecule has 0 aliphatic rings. The zero-order valence-corrected chi connectivity index (χ0v) is 7.61. The van der Waals surface area contributed by atoms with Crippen LogP contribution in [0.3, 0.4) is 0 Å². The quantitative estimate of drug-likeness (QED) is 0.722. The molecule has 0 saturated heterocycles. The van der Waals surface area contributed by atoms with Crippen molar-refractivity contribution in [1.82, 2.24) is 10.1 Å². The third-order valence-corrected chi connectivity index (χ3v) is 1.98. The fourth-order valence-corrected chi connectivity index (χ4v) is 1.32. The summed E-state index contributed by atoms with van der Waals surface area (Å²) in [5.74, 6) is 0.299. The summed E-state index contributed by atoms with van der Waals surface area (Å²) in [6.07, 6.45) is 1.62. The van der Waals surface area contributed by atoms with Crippen LogP contribution in [-0.4, -0.2) is 10.1 Å². The van der Waals surface area contributed by atoms with Crippen molar-refractivity contribution in [2.24, 2.45) is 0 Å². The van der Waals surface area contributed by atoms with Gasteiger partial charge in [0.2, 0.25) is 0 Å². The summed E-state index contributed by atoms with van der Waals surface area (Å²) in [5.41, 5.74) is 7.87. The first-order valence-electron chi connectivity index (χ1n) is 4.20. The average molecular weight is 177 g/mol. The fraction of sp³-hybridized carbons (Fsp3) is 0.333. The molecule has 2 N–H and O–H groups in total. The van der Waals surface area contributed by atoms with Crippen LogP contribution in [0.1, 0.15) is 25.5 Å². The van der Waals surface area contributed by atoms with Gasteiger partial charge in [0.05, 0.1) is 11.1 Å². The Morgan fingerprint density at radius 3 is 2.92 bits per heavy atom. The number of nitrogen functional groups attached to an aromatic ring is 1. The Balaban J connectivity index is 2.79. The number of fused-ring (bicyclic) bond motifs is 1. The van der Waals surface area contributed by atoms with Crippen molar-refractivity contribution in [2.45, 2.75) is 19.8 Å². The van der Waals surface area contributed by atoms with Gasteiger partial charge in [0.15, 0.2) is 0 Å². The van der Waals surface area contributed by atoms with E-state index in [0.29, 0.717) is 17.3 Å². The first kappa shape index (κ1) is 8.04. The Bertz CT molecular complexity index is 433. The van der Waals surface area contributed by atoms with Gasteiger partial charge in [0.1, 0.15) is 0 Å². The molecule has 2 aromatic heterocycles. The molecule has 4 nitrogen and oxygen atoms in total. The second-order valence-electron chi connectivity index (χ2n) is 3.30. The zero-order valence-electron chi connectivity index (χ0n) is 7.61. The van der Waals surface area contributed by atoms with Crippen LogP contribution in [0.5, 0.6) is 0 Å². The minimum Gasteiger partial charge on any atom is -0.398 e. The van der Waals surface area contributed by atoms with Crippen LogP contribution in [0.2, 0.25) is 0 Å². The van der Waals surface area contributed by atoms with Gasteiger partial charge in [-0.25, -0.2) is 4.98 Å². The summed E-state index contributed by atoms with van der Waals surface area (Å²) >= 11 is 0. The topological polar surface area (TPSA) is 64.9 Å². The molecule has 0 radical (unpaired) electrons. The summed E-state index contributed by atoms with van der Waals surface area (Å²) in [4.78, 5) is 4.04. The fourth-order valence-electron chi connectivity index (χ4n) is 1.32. The Morgan fingerprint density at radius 2 is 2.23 bits per heavy atom. The lowest BCUT2D eigenvalue weighted by molar-refractivity contribution is 0.434. The van der Waals surface area contributed by atoms with E-state index < -0.39 is 0 Å². The van der Waals surface area contributed by atoms with Gasteiger partial charge < -0.3 is 10.3 Å². The lowest BCUT2D eigenvalue weighted by atomic mass is 10.1. The van der Waals surface area contributed by atoms with Crippen molar-refractivity contribution in [3.8, 4) is 0 Å². The summed E-state index contributed by atoms with van der Waals surface area (Å²) in [7, 11) is 0. The van der Waals surface area contributed by atoms with Crippen LogP contribution in [0.25, 0.3) is 11.1 Å². The summed E-state index contributed by atoms with van der Waals surface area (Å²) in [5, 5.41) is 4.78. The predicted molar refractivity (Wildman–Crippen MR) is 50.3 cm³/mol. The summed E-state index contributed by atoms with van der Waals surface area (Å²) < 4.78 is 5.05. The van der Waals surface area contributed by atoms with Crippen molar-refractivity contribution >= 4 is 16.8 Å². The second kappa shape index (κ2) is 2.73. The first-order chi connectivity index (χ1) is 6.20. The highest BCUT2D eigenvalue weighted by atomic mass is 16.5. The summed E-state index contributed by atoms with van der Waals surface area (Å²) in [6.45, 7) is 4.09. The Morgan fingerprint density at radius 1 is 1.46 bits per heavy atom. The van der Waals surface area contributed by atoms with Gasteiger partial charge in [-0.15, -0.1) is 0 Å². The predicted octanol–water partition coefficient (Wildman–Crippen LogP) is 1.93. The van der Waals surface area contributed by atoms with Gasteiger partial charge in [0.25, 0.3) is 5.71 Å². The lowest BCUT2D eigenvalue weighted by Crippen LogP contribution is -1.92. The number of hydrogen-bond donors (Lipinski definition) is 1. The molecule has 0 bridgehead atoms. The number of rotatable bonds is 1. The van der Waals surface area contributed by atoms with Crippen molar-refractivity contribution < 1.29 is 4.52 Å². The number of aromatic nitrogens is 2. The molecule has 0 fully saturated rings. The minimum absolute atomic E-state index is 0.299. The van der Waals surface area contributed by atoms with E-state index in [0.717, 1.165) is 11.1 Å². The first-order valence-corrected chi connectivity index (χ1v) is 4.20. The largest absolute Gasteiger partial charge is 0.398 e. The van der Waals surface area contributed by atoms with E-state index in [4.69, 9.17) is 10.3 Å². The van der Waals surface area contributed by atoms with E-state index in [1.807, 2.05) is 13.8 Å².